The van der Waals surface area contributed by atoms with Crippen LogP contribution in [0.25, 0.3) is 16.9 Å². The largest absolute Gasteiger partial charge is 0.384 e. The van der Waals surface area contributed by atoms with Crippen molar-refractivity contribution in [1.29, 1.82) is 0 Å². The van der Waals surface area contributed by atoms with E-state index in [0.717, 1.165) is 25.2 Å². The number of halogens is 1. The SMILES string of the molecule is CC(C)n1c(=O)c2cnc(Nc3ccc4c(c3)CNCC4)nc2n1-c1ccc(F)c(C(C)(C)O)n1. The third kappa shape index (κ3) is 4.19. The number of anilines is 2. The van der Waals surface area contributed by atoms with Crippen molar-refractivity contribution in [3.8, 4) is 5.82 Å². The van der Waals surface area contributed by atoms with Gasteiger partial charge < -0.3 is 15.7 Å². The summed E-state index contributed by atoms with van der Waals surface area (Å²) in [6.07, 6.45) is 2.48. The molecular formula is C25H28FN7O2. The molecule has 4 heterocycles. The van der Waals surface area contributed by atoms with Crippen LogP contribution in [-0.4, -0.2) is 36.0 Å². The van der Waals surface area contributed by atoms with E-state index in [1.807, 2.05) is 19.9 Å². The zero-order valence-electron chi connectivity index (χ0n) is 20.1. The van der Waals surface area contributed by atoms with E-state index in [1.54, 1.807) is 4.68 Å². The first kappa shape index (κ1) is 23.1. The fraction of sp³-hybridized carbons (Fsp3) is 0.360. The summed E-state index contributed by atoms with van der Waals surface area (Å²) >= 11 is 0. The Hall–Kier alpha value is -3.63. The van der Waals surface area contributed by atoms with Gasteiger partial charge in [-0.15, -0.1) is 0 Å². The molecule has 0 unspecified atom stereocenters. The summed E-state index contributed by atoms with van der Waals surface area (Å²) in [6.45, 7) is 8.43. The van der Waals surface area contributed by atoms with Crippen molar-refractivity contribution in [1.82, 2.24) is 29.6 Å². The fourth-order valence-corrected chi connectivity index (χ4v) is 4.41. The fourth-order valence-electron chi connectivity index (χ4n) is 4.41. The van der Waals surface area contributed by atoms with Gasteiger partial charge in [0, 0.05) is 24.5 Å². The highest BCUT2D eigenvalue weighted by Crippen LogP contribution is 2.25. The first-order chi connectivity index (χ1) is 16.6. The van der Waals surface area contributed by atoms with Crippen LogP contribution < -0.4 is 16.2 Å². The molecule has 0 spiro atoms. The van der Waals surface area contributed by atoms with Gasteiger partial charge in [0.2, 0.25) is 5.95 Å². The van der Waals surface area contributed by atoms with E-state index in [0.29, 0.717) is 17.0 Å². The number of fused-ring (bicyclic) bond motifs is 2. The van der Waals surface area contributed by atoms with Crippen LogP contribution in [0.5, 0.6) is 0 Å². The lowest BCUT2D eigenvalue weighted by molar-refractivity contribution is 0.0694. The van der Waals surface area contributed by atoms with Crippen LogP contribution in [0.15, 0.2) is 41.3 Å². The van der Waals surface area contributed by atoms with Crippen molar-refractivity contribution in [3.63, 3.8) is 0 Å². The van der Waals surface area contributed by atoms with Gasteiger partial charge in [-0.25, -0.2) is 23.7 Å². The molecule has 1 aromatic carbocycles. The Morgan fingerprint density at radius 2 is 1.97 bits per heavy atom. The minimum Gasteiger partial charge on any atom is -0.384 e. The molecule has 0 aliphatic carbocycles. The van der Waals surface area contributed by atoms with Crippen LogP contribution in [-0.2, 0) is 18.6 Å². The predicted molar refractivity (Wildman–Crippen MR) is 132 cm³/mol. The van der Waals surface area contributed by atoms with Gasteiger partial charge in [0.05, 0.1) is 0 Å². The van der Waals surface area contributed by atoms with Gasteiger partial charge in [-0.1, -0.05) is 6.07 Å². The number of benzene rings is 1. The number of aromatic nitrogens is 5. The molecule has 182 valence electrons. The molecule has 4 aromatic rings. The number of rotatable bonds is 5. The molecule has 0 amide bonds. The Kier molecular flexibility index (Phi) is 5.65. The standard InChI is InChI=1S/C25H28FN7O2/c1-14(2)32-23(34)18-13-28-24(29-17-6-5-15-9-10-27-12-16(15)11-17)31-22(18)33(32)20-8-7-19(26)21(30-20)25(3,4)35/h5-8,11,13-14,27,35H,9-10,12H2,1-4H3,(H,28,29,31). The van der Waals surface area contributed by atoms with Gasteiger partial charge in [0.25, 0.3) is 5.56 Å². The molecule has 10 heteroatoms. The minimum atomic E-state index is -1.50. The minimum absolute atomic E-state index is 0.116. The number of hydrogen-bond acceptors (Lipinski definition) is 7. The molecule has 1 aliphatic rings. The molecule has 0 fully saturated rings. The number of hydrogen-bond donors (Lipinski definition) is 3. The van der Waals surface area contributed by atoms with Crippen molar-refractivity contribution < 1.29 is 9.50 Å². The zero-order chi connectivity index (χ0) is 24.9. The summed E-state index contributed by atoms with van der Waals surface area (Å²) in [5.74, 6) is -0.0374. The van der Waals surface area contributed by atoms with E-state index in [1.165, 1.54) is 48.0 Å². The predicted octanol–water partition coefficient (Wildman–Crippen LogP) is 3.31. The highest BCUT2D eigenvalue weighted by molar-refractivity contribution is 5.77. The van der Waals surface area contributed by atoms with Crippen LogP contribution >= 0.6 is 0 Å². The molecule has 3 N–H and O–H groups in total. The average Bonchev–Trinajstić information content (AvgIpc) is 3.10. The van der Waals surface area contributed by atoms with Gasteiger partial charge in [-0.3, -0.25) is 4.79 Å². The van der Waals surface area contributed by atoms with Crippen LogP contribution in [0.2, 0.25) is 0 Å². The molecule has 3 aromatic heterocycles. The van der Waals surface area contributed by atoms with E-state index in [-0.39, 0.29) is 23.1 Å². The lowest BCUT2D eigenvalue weighted by Crippen LogP contribution is -2.26. The summed E-state index contributed by atoms with van der Waals surface area (Å²) in [7, 11) is 0. The van der Waals surface area contributed by atoms with Crippen molar-refractivity contribution in [3.05, 3.63) is 69.5 Å². The molecule has 1 aliphatic heterocycles. The van der Waals surface area contributed by atoms with E-state index in [9.17, 15) is 14.3 Å². The monoisotopic (exact) mass is 477 g/mol. The molecule has 0 atom stereocenters. The van der Waals surface area contributed by atoms with Crippen molar-refractivity contribution >= 4 is 22.7 Å². The summed E-state index contributed by atoms with van der Waals surface area (Å²) in [4.78, 5) is 26.6. The van der Waals surface area contributed by atoms with E-state index < -0.39 is 11.4 Å². The first-order valence-electron chi connectivity index (χ1n) is 11.6. The molecule has 0 saturated heterocycles. The molecule has 5 rings (SSSR count). The molecule has 9 nitrogen and oxygen atoms in total. The number of aliphatic hydroxyl groups is 1. The maximum Gasteiger partial charge on any atom is 0.278 e. The highest BCUT2D eigenvalue weighted by Gasteiger charge is 2.26. The Balaban J connectivity index is 1.64. The Morgan fingerprint density at radius 3 is 2.71 bits per heavy atom. The average molecular weight is 478 g/mol. The molecule has 0 saturated carbocycles. The summed E-state index contributed by atoms with van der Waals surface area (Å²) in [5, 5.41) is 17.3. The van der Waals surface area contributed by atoms with Gasteiger partial charge in [-0.05, 0) is 76.1 Å². The van der Waals surface area contributed by atoms with Crippen LogP contribution in [0.3, 0.4) is 0 Å². The Morgan fingerprint density at radius 1 is 1.17 bits per heavy atom. The summed E-state index contributed by atoms with van der Waals surface area (Å²) in [5.41, 5.74) is 1.81. The lowest BCUT2D eigenvalue weighted by atomic mass is 10.0. The maximum atomic E-state index is 14.4. The first-order valence-corrected chi connectivity index (χ1v) is 11.6. The van der Waals surface area contributed by atoms with Crippen molar-refractivity contribution in [2.24, 2.45) is 0 Å². The molecule has 0 bridgehead atoms. The number of nitrogens with zero attached hydrogens (tertiary/aromatic N) is 5. The van der Waals surface area contributed by atoms with Gasteiger partial charge in [0.15, 0.2) is 11.5 Å². The van der Waals surface area contributed by atoms with E-state index >= 15 is 0 Å². The summed E-state index contributed by atoms with van der Waals surface area (Å²) < 4.78 is 17.5. The zero-order valence-corrected chi connectivity index (χ0v) is 20.1. The van der Waals surface area contributed by atoms with E-state index in [4.69, 9.17) is 0 Å². The second kappa shape index (κ2) is 8.54. The second-order valence-electron chi connectivity index (χ2n) is 9.58. The Labute approximate surface area is 201 Å². The molecule has 0 radical (unpaired) electrons. The third-order valence-electron chi connectivity index (χ3n) is 6.09. The van der Waals surface area contributed by atoms with Crippen LogP contribution in [0.1, 0.15) is 50.6 Å². The Bertz CT molecular complexity index is 1480. The van der Waals surface area contributed by atoms with Crippen molar-refractivity contribution in [2.75, 3.05) is 11.9 Å². The van der Waals surface area contributed by atoms with Crippen LogP contribution in [0, 0.1) is 5.82 Å². The van der Waals surface area contributed by atoms with E-state index in [2.05, 4.69) is 37.7 Å². The quantitative estimate of drug-likeness (QED) is 0.405. The maximum absolute atomic E-state index is 14.4. The topological polar surface area (TPSA) is 110 Å². The number of pyridine rings is 1. The van der Waals surface area contributed by atoms with Gasteiger partial charge in [0.1, 0.15) is 22.5 Å². The second-order valence-corrected chi connectivity index (χ2v) is 9.58. The normalized spacial score (nSPS) is 13.9. The van der Waals surface area contributed by atoms with Crippen molar-refractivity contribution in [2.45, 2.75) is 52.3 Å². The smallest absolute Gasteiger partial charge is 0.278 e. The highest BCUT2D eigenvalue weighted by atomic mass is 19.1. The van der Waals surface area contributed by atoms with Gasteiger partial charge in [-0.2, -0.15) is 4.98 Å². The lowest BCUT2D eigenvalue weighted by Gasteiger charge is -2.20. The van der Waals surface area contributed by atoms with Gasteiger partial charge >= 0.3 is 0 Å². The van der Waals surface area contributed by atoms with Crippen LogP contribution in [0.4, 0.5) is 16.0 Å². The third-order valence-corrected chi connectivity index (χ3v) is 6.09. The number of nitrogens with one attached hydrogen (secondary N) is 2. The summed E-state index contributed by atoms with van der Waals surface area (Å²) in [6, 6.07) is 8.62. The molecular weight excluding hydrogens is 449 g/mol. The molecule has 35 heavy (non-hydrogen) atoms.